The lowest BCUT2D eigenvalue weighted by atomic mass is 10.1. The summed E-state index contributed by atoms with van der Waals surface area (Å²) in [5, 5.41) is 7.72. The van der Waals surface area contributed by atoms with Crippen LogP contribution in [0, 0.1) is 0 Å². The number of rotatable bonds is 3. The van der Waals surface area contributed by atoms with Crippen molar-refractivity contribution in [3.8, 4) is 0 Å². The van der Waals surface area contributed by atoms with Crippen molar-refractivity contribution < 1.29 is 4.42 Å². The third kappa shape index (κ3) is 1.58. The number of anilines is 1. The molecule has 2 N–H and O–H groups in total. The molecule has 1 aromatic rings. The van der Waals surface area contributed by atoms with Crippen molar-refractivity contribution in [3.05, 3.63) is 5.89 Å². The fourth-order valence-electron chi connectivity index (χ4n) is 1.39. The molecule has 0 aliphatic carbocycles. The maximum Gasteiger partial charge on any atom is 0.318 e. The zero-order chi connectivity index (χ0) is 10.1. The van der Waals surface area contributed by atoms with E-state index in [1.807, 2.05) is 0 Å². The van der Waals surface area contributed by atoms with Gasteiger partial charge in [-0.1, -0.05) is 5.10 Å². The number of aromatic nitrogens is 2. The van der Waals surface area contributed by atoms with E-state index in [1.54, 1.807) is 0 Å². The molecule has 2 heterocycles. The Morgan fingerprint density at radius 1 is 1.50 bits per heavy atom. The lowest BCUT2D eigenvalue weighted by Gasteiger charge is -2.41. The van der Waals surface area contributed by atoms with Gasteiger partial charge in [0.15, 0.2) is 0 Å². The van der Waals surface area contributed by atoms with Crippen LogP contribution in [0.1, 0.15) is 5.89 Å². The van der Waals surface area contributed by atoms with Gasteiger partial charge >= 0.3 is 6.01 Å². The zero-order valence-corrected chi connectivity index (χ0v) is 8.47. The highest BCUT2D eigenvalue weighted by Gasteiger charge is 2.31. The molecule has 0 amide bonds. The van der Waals surface area contributed by atoms with Crippen LogP contribution < -0.4 is 10.6 Å². The first-order valence-electron chi connectivity index (χ1n) is 4.64. The van der Waals surface area contributed by atoms with E-state index >= 15 is 0 Å². The van der Waals surface area contributed by atoms with Crippen LogP contribution in [0.25, 0.3) is 0 Å². The summed E-state index contributed by atoms with van der Waals surface area (Å²) in [6, 6.07) is 1.17. The summed E-state index contributed by atoms with van der Waals surface area (Å²) in [4.78, 5) is 4.24. The predicted molar refractivity (Wildman–Crippen MR) is 51.9 cm³/mol. The monoisotopic (exact) mass is 197 g/mol. The minimum atomic E-state index is 0.304. The van der Waals surface area contributed by atoms with Crippen molar-refractivity contribution >= 4 is 6.01 Å². The molecule has 1 saturated heterocycles. The normalized spacial score (nSPS) is 17.6. The first kappa shape index (κ1) is 9.42. The lowest BCUT2D eigenvalue weighted by molar-refractivity contribution is 0.238. The van der Waals surface area contributed by atoms with Crippen molar-refractivity contribution in [3.63, 3.8) is 0 Å². The Morgan fingerprint density at radius 2 is 2.21 bits per heavy atom. The van der Waals surface area contributed by atoms with Gasteiger partial charge in [0.25, 0.3) is 0 Å². The molecule has 1 aliphatic heterocycles. The molecule has 78 valence electrons. The summed E-state index contributed by atoms with van der Waals surface area (Å²) >= 11 is 0. The lowest BCUT2D eigenvalue weighted by Crippen LogP contribution is -2.57. The third-order valence-corrected chi connectivity index (χ3v) is 2.49. The average molecular weight is 197 g/mol. The van der Waals surface area contributed by atoms with Gasteiger partial charge in [0.1, 0.15) is 0 Å². The van der Waals surface area contributed by atoms with Gasteiger partial charge in [-0.3, -0.25) is 0 Å². The molecule has 6 heteroatoms. The molecule has 0 saturated carbocycles. The molecular formula is C8H15N5O. The zero-order valence-electron chi connectivity index (χ0n) is 8.47. The molecule has 14 heavy (non-hydrogen) atoms. The van der Waals surface area contributed by atoms with Crippen LogP contribution in [0.3, 0.4) is 0 Å². The molecule has 0 unspecified atom stereocenters. The molecule has 0 bridgehead atoms. The number of nitrogens with zero attached hydrogens (tertiary/aromatic N) is 4. The molecule has 1 aromatic heterocycles. The fraction of sp³-hybridized carbons (Fsp3) is 0.750. The Labute approximate surface area is 82.7 Å². The molecule has 1 fully saturated rings. The van der Waals surface area contributed by atoms with E-state index in [0.29, 0.717) is 24.5 Å². The minimum Gasteiger partial charge on any atom is -0.407 e. The standard InChI is InChI=1S/C8H15N5O/c1-12(2)6-4-13(5-6)8-11-10-7(3-9)14-8/h6H,3-5,9H2,1-2H3. The summed E-state index contributed by atoms with van der Waals surface area (Å²) in [6.45, 7) is 2.19. The Bertz CT molecular complexity index is 304. The van der Waals surface area contributed by atoms with E-state index < -0.39 is 0 Å². The van der Waals surface area contributed by atoms with Crippen LogP contribution in [-0.2, 0) is 6.54 Å². The van der Waals surface area contributed by atoms with Gasteiger partial charge in [-0.25, -0.2) is 0 Å². The minimum absolute atomic E-state index is 0.304. The van der Waals surface area contributed by atoms with Crippen LogP contribution in [-0.4, -0.2) is 48.3 Å². The molecule has 2 rings (SSSR count). The van der Waals surface area contributed by atoms with Crippen LogP contribution >= 0.6 is 0 Å². The summed E-state index contributed by atoms with van der Waals surface area (Å²) in [5.74, 6) is 0.494. The van der Waals surface area contributed by atoms with Gasteiger partial charge < -0.3 is 20.0 Å². The van der Waals surface area contributed by atoms with Crippen molar-refractivity contribution in [1.82, 2.24) is 15.1 Å². The Hall–Kier alpha value is -1.14. The summed E-state index contributed by atoms with van der Waals surface area (Å²) in [5.41, 5.74) is 5.38. The van der Waals surface area contributed by atoms with E-state index in [4.69, 9.17) is 10.2 Å². The topological polar surface area (TPSA) is 71.4 Å². The first-order chi connectivity index (χ1) is 6.70. The van der Waals surface area contributed by atoms with Crippen LogP contribution in [0.15, 0.2) is 4.42 Å². The smallest absolute Gasteiger partial charge is 0.318 e. The Kier molecular flexibility index (Phi) is 2.39. The highest BCUT2D eigenvalue weighted by atomic mass is 16.4. The second-order valence-electron chi connectivity index (χ2n) is 3.70. The molecule has 1 aliphatic rings. The molecular weight excluding hydrogens is 182 g/mol. The predicted octanol–water partition coefficient (Wildman–Crippen LogP) is -0.721. The van der Waals surface area contributed by atoms with E-state index in [9.17, 15) is 0 Å². The van der Waals surface area contributed by atoms with E-state index in [2.05, 4.69) is 34.1 Å². The van der Waals surface area contributed by atoms with Gasteiger partial charge in [0.05, 0.1) is 6.54 Å². The van der Waals surface area contributed by atoms with Crippen molar-refractivity contribution in [2.75, 3.05) is 32.1 Å². The van der Waals surface area contributed by atoms with E-state index in [0.717, 1.165) is 13.1 Å². The SMILES string of the molecule is CN(C)C1CN(c2nnc(CN)o2)C1. The fourth-order valence-corrected chi connectivity index (χ4v) is 1.39. The molecule has 0 atom stereocenters. The second kappa shape index (κ2) is 3.55. The number of hydrogen-bond donors (Lipinski definition) is 1. The Morgan fingerprint density at radius 3 is 2.71 bits per heavy atom. The van der Waals surface area contributed by atoms with Gasteiger partial charge in [-0.15, -0.1) is 5.10 Å². The van der Waals surface area contributed by atoms with Gasteiger partial charge in [0.2, 0.25) is 5.89 Å². The van der Waals surface area contributed by atoms with E-state index in [-0.39, 0.29) is 0 Å². The van der Waals surface area contributed by atoms with Gasteiger partial charge in [-0.2, -0.15) is 0 Å². The van der Waals surface area contributed by atoms with Crippen LogP contribution in [0.5, 0.6) is 0 Å². The Balaban J connectivity index is 1.93. The largest absolute Gasteiger partial charge is 0.407 e. The molecule has 6 nitrogen and oxygen atoms in total. The number of nitrogens with two attached hydrogens (primary N) is 1. The summed E-state index contributed by atoms with van der Waals surface area (Å²) in [7, 11) is 4.14. The van der Waals surface area contributed by atoms with Gasteiger partial charge in [-0.05, 0) is 14.1 Å². The molecule has 0 aromatic carbocycles. The van der Waals surface area contributed by atoms with E-state index in [1.165, 1.54) is 0 Å². The highest BCUT2D eigenvalue weighted by Crippen LogP contribution is 2.20. The van der Waals surface area contributed by atoms with Crippen LogP contribution in [0.4, 0.5) is 6.01 Å². The number of likely N-dealkylation sites (N-methyl/N-ethyl adjacent to an activating group) is 1. The quantitative estimate of drug-likeness (QED) is 0.689. The van der Waals surface area contributed by atoms with Crippen molar-refractivity contribution in [2.45, 2.75) is 12.6 Å². The molecule has 0 radical (unpaired) electrons. The van der Waals surface area contributed by atoms with Crippen LogP contribution in [0.2, 0.25) is 0 Å². The average Bonchev–Trinajstić information content (AvgIpc) is 2.49. The van der Waals surface area contributed by atoms with Gasteiger partial charge in [0, 0.05) is 19.1 Å². The molecule has 0 spiro atoms. The summed E-state index contributed by atoms with van der Waals surface area (Å²) < 4.78 is 5.32. The highest BCUT2D eigenvalue weighted by molar-refractivity contribution is 5.30. The summed E-state index contributed by atoms with van der Waals surface area (Å²) in [6.07, 6.45) is 0. The maximum atomic E-state index is 5.38. The third-order valence-electron chi connectivity index (χ3n) is 2.49. The first-order valence-corrected chi connectivity index (χ1v) is 4.64. The second-order valence-corrected chi connectivity index (χ2v) is 3.70. The number of hydrogen-bond acceptors (Lipinski definition) is 6. The van der Waals surface area contributed by atoms with Crippen molar-refractivity contribution in [2.24, 2.45) is 5.73 Å². The maximum absolute atomic E-state index is 5.38. The van der Waals surface area contributed by atoms with Crippen molar-refractivity contribution in [1.29, 1.82) is 0 Å².